The largest absolute Gasteiger partial charge is 0.421 e. The number of nitrogens with one attached hydrogen (secondary N) is 1. The molecule has 3 heterocycles. The molecular formula is C23H28F6N4O3S2. The fraction of sp³-hybridized carbons (Fsp3) is 0.565. The van der Waals surface area contributed by atoms with E-state index in [9.17, 15) is 39.9 Å². The second kappa shape index (κ2) is 10.6. The Morgan fingerprint density at radius 2 is 1.71 bits per heavy atom. The summed E-state index contributed by atoms with van der Waals surface area (Å²) in [7, 11) is -3.82. The van der Waals surface area contributed by atoms with Crippen molar-refractivity contribution in [3.05, 3.63) is 47.3 Å². The van der Waals surface area contributed by atoms with E-state index in [1.165, 1.54) is 22.5 Å². The zero-order valence-corrected chi connectivity index (χ0v) is 22.0. The number of rotatable bonds is 6. The van der Waals surface area contributed by atoms with Crippen molar-refractivity contribution >= 4 is 27.0 Å². The minimum atomic E-state index is -4.89. The number of piperazine rings is 2. The molecule has 0 unspecified atom stereocenters. The molecule has 38 heavy (non-hydrogen) atoms. The highest BCUT2D eigenvalue weighted by atomic mass is 32.2. The molecule has 212 valence electrons. The van der Waals surface area contributed by atoms with Gasteiger partial charge in [-0.05, 0) is 36.1 Å². The lowest BCUT2D eigenvalue weighted by Gasteiger charge is -2.45. The van der Waals surface area contributed by atoms with E-state index in [2.05, 4.69) is 5.32 Å². The van der Waals surface area contributed by atoms with Gasteiger partial charge in [0.1, 0.15) is 10.3 Å². The molecule has 0 radical (unpaired) electrons. The Morgan fingerprint density at radius 3 is 2.29 bits per heavy atom. The normalized spacial score (nSPS) is 24.4. The third-order valence-electron chi connectivity index (χ3n) is 6.97. The van der Waals surface area contributed by atoms with Crippen LogP contribution in [0.15, 0.2) is 46.0 Å². The Morgan fingerprint density at radius 1 is 1.03 bits per heavy atom. The molecular weight excluding hydrogens is 558 g/mol. The Balaban J connectivity index is 1.60. The van der Waals surface area contributed by atoms with Crippen molar-refractivity contribution in [3.8, 4) is 0 Å². The highest BCUT2D eigenvalue weighted by Gasteiger charge is 2.51. The average Bonchev–Trinajstić information content (AvgIpc) is 3.39. The maximum absolute atomic E-state index is 13.3. The number of hydrogen-bond donors (Lipinski definition) is 2. The predicted octanol–water partition coefficient (Wildman–Crippen LogP) is 3.23. The SMILES string of the molecule is C[C@@](O)(c1ccc(N2CCN(S(=O)(=O)c3cccs3)C[C@@H]2CN2CCN[C@H](C(F)(F)F)C2)cc1)C(F)(F)F. The molecule has 0 spiro atoms. The molecule has 2 aliphatic rings. The second-order valence-electron chi connectivity index (χ2n) is 9.57. The molecule has 0 bridgehead atoms. The molecule has 7 nitrogen and oxygen atoms in total. The van der Waals surface area contributed by atoms with Crippen LogP contribution in [0.3, 0.4) is 0 Å². The van der Waals surface area contributed by atoms with E-state index in [-0.39, 0.29) is 49.0 Å². The van der Waals surface area contributed by atoms with Crippen LogP contribution in [-0.2, 0) is 15.6 Å². The van der Waals surface area contributed by atoms with Crippen molar-refractivity contribution in [2.24, 2.45) is 0 Å². The number of halogens is 6. The minimum Gasteiger partial charge on any atom is -0.376 e. The highest BCUT2D eigenvalue weighted by Crippen LogP contribution is 2.39. The van der Waals surface area contributed by atoms with Crippen LogP contribution in [0.25, 0.3) is 0 Å². The topological polar surface area (TPSA) is 76.1 Å². The number of benzene rings is 1. The number of nitrogens with zero attached hydrogens (tertiary/aromatic N) is 3. The summed E-state index contributed by atoms with van der Waals surface area (Å²) in [6.45, 7) is 1.15. The minimum absolute atomic E-state index is 0.0110. The Kier molecular flexibility index (Phi) is 8.10. The maximum Gasteiger partial charge on any atom is 0.421 e. The van der Waals surface area contributed by atoms with E-state index >= 15 is 0 Å². The van der Waals surface area contributed by atoms with E-state index in [1.54, 1.807) is 21.2 Å². The summed E-state index contributed by atoms with van der Waals surface area (Å²) in [5, 5.41) is 14.1. The van der Waals surface area contributed by atoms with Gasteiger partial charge >= 0.3 is 12.4 Å². The predicted molar refractivity (Wildman–Crippen MR) is 131 cm³/mol. The van der Waals surface area contributed by atoms with Crippen LogP contribution in [0, 0.1) is 0 Å². The monoisotopic (exact) mass is 586 g/mol. The van der Waals surface area contributed by atoms with Gasteiger partial charge in [-0.1, -0.05) is 18.2 Å². The molecule has 2 aliphatic heterocycles. The standard InChI is InChI=1S/C23H28F6N4O3S2/c1-21(34,23(27,28)29)16-4-6-17(7-5-16)33-11-10-32(38(35,36)20-3-2-12-37-20)14-18(33)13-31-9-8-30-19(15-31)22(24,25)26/h2-7,12,18-19,30,34H,8-11,13-15H2,1H3/t18-,19-,21+/m0/s1. The van der Waals surface area contributed by atoms with E-state index in [0.717, 1.165) is 23.5 Å². The molecule has 1 aromatic carbocycles. The van der Waals surface area contributed by atoms with Crippen molar-refractivity contribution in [1.29, 1.82) is 0 Å². The number of anilines is 1. The van der Waals surface area contributed by atoms with Gasteiger partial charge < -0.3 is 15.3 Å². The first-order valence-electron chi connectivity index (χ1n) is 11.8. The smallest absolute Gasteiger partial charge is 0.376 e. The van der Waals surface area contributed by atoms with Crippen molar-refractivity contribution in [2.75, 3.05) is 50.7 Å². The fourth-order valence-corrected chi connectivity index (χ4v) is 7.33. The summed E-state index contributed by atoms with van der Waals surface area (Å²) >= 11 is 1.06. The van der Waals surface area contributed by atoms with Crippen LogP contribution < -0.4 is 10.2 Å². The second-order valence-corrected chi connectivity index (χ2v) is 12.7. The molecule has 3 atom stereocenters. The van der Waals surface area contributed by atoms with Crippen molar-refractivity contribution in [2.45, 2.75) is 41.2 Å². The molecule has 2 saturated heterocycles. The third kappa shape index (κ3) is 5.97. The van der Waals surface area contributed by atoms with Crippen LogP contribution in [0.4, 0.5) is 32.0 Å². The Bertz CT molecular complexity index is 1190. The first kappa shape index (κ1) is 29.1. The summed E-state index contributed by atoms with van der Waals surface area (Å²) in [4.78, 5) is 3.42. The maximum atomic E-state index is 13.3. The van der Waals surface area contributed by atoms with Crippen molar-refractivity contribution in [3.63, 3.8) is 0 Å². The van der Waals surface area contributed by atoms with E-state index in [1.807, 2.05) is 0 Å². The summed E-state index contributed by atoms with van der Waals surface area (Å²) in [6, 6.07) is 5.92. The van der Waals surface area contributed by atoms with E-state index < -0.39 is 40.1 Å². The molecule has 2 fully saturated rings. The number of sulfonamides is 1. The number of aliphatic hydroxyl groups is 1. The van der Waals surface area contributed by atoms with Gasteiger partial charge in [-0.15, -0.1) is 11.3 Å². The van der Waals surface area contributed by atoms with Crippen LogP contribution in [0.2, 0.25) is 0 Å². The lowest BCUT2D eigenvalue weighted by atomic mass is 9.95. The van der Waals surface area contributed by atoms with Crippen LogP contribution in [-0.4, -0.2) is 93.0 Å². The lowest BCUT2D eigenvalue weighted by Crippen LogP contribution is -2.62. The van der Waals surface area contributed by atoms with Gasteiger partial charge in [0, 0.05) is 51.5 Å². The summed E-state index contributed by atoms with van der Waals surface area (Å²) in [5.41, 5.74) is -2.95. The zero-order valence-electron chi connectivity index (χ0n) is 20.3. The highest BCUT2D eigenvalue weighted by molar-refractivity contribution is 7.91. The Hall–Kier alpha value is -1.91. The molecule has 2 N–H and O–H groups in total. The summed E-state index contributed by atoms with van der Waals surface area (Å²) < 4.78 is 108. The molecule has 2 aromatic rings. The van der Waals surface area contributed by atoms with Crippen molar-refractivity contribution < 1.29 is 39.9 Å². The Labute approximate surface area is 220 Å². The first-order valence-corrected chi connectivity index (χ1v) is 14.1. The van der Waals surface area contributed by atoms with Crippen molar-refractivity contribution in [1.82, 2.24) is 14.5 Å². The van der Waals surface area contributed by atoms with E-state index in [0.29, 0.717) is 19.2 Å². The van der Waals surface area contributed by atoms with Crippen LogP contribution in [0.1, 0.15) is 12.5 Å². The lowest BCUT2D eigenvalue weighted by molar-refractivity contribution is -0.258. The van der Waals surface area contributed by atoms with Crippen LogP contribution >= 0.6 is 11.3 Å². The van der Waals surface area contributed by atoms with Gasteiger partial charge in [0.15, 0.2) is 5.60 Å². The molecule has 4 rings (SSSR count). The molecule has 0 aliphatic carbocycles. The molecule has 15 heteroatoms. The third-order valence-corrected chi connectivity index (χ3v) is 10.2. The van der Waals surface area contributed by atoms with Gasteiger partial charge in [-0.3, -0.25) is 4.90 Å². The van der Waals surface area contributed by atoms with Crippen LogP contribution in [0.5, 0.6) is 0 Å². The van der Waals surface area contributed by atoms with Gasteiger partial charge in [0.2, 0.25) is 0 Å². The van der Waals surface area contributed by atoms with Gasteiger partial charge in [0.25, 0.3) is 10.0 Å². The molecule has 0 saturated carbocycles. The van der Waals surface area contributed by atoms with Gasteiger partial charge in [0.05, 0.1) is 6.04 Å². The van der Waals surface area contributed by atoms with E-state index in [4.69, 9.17) is 0 Å². The number of alkyl halides is 6. The van der Waals surface area contributed by atoms with Gasteiger partial charge in [-0.25, -0.2) is 8.42 Å². The zero-order chi connectivity index (χ0) is 27.9. The number of thiophene rings is 1. The van der Waals surface area contributed by atoms with Gasteiger partial charge in [-0.2, -0.15) is 30.6 Å². The average molecular weight is 587 g/mol. The fourth-order valence-electron chi connectivity index (χ4n) is 4.71. The molecule has 1 aromatic heterocycles. The first-order chi connectivity index (χ1) is 17.6. The summed E-state index contributed by atoms with van der Waals surface area (Å²) in [6.07, 6.45) is -9.33. The molecule has 0 amide bonds. The quantitative estimate of drug-likeness (QED) is 0.507. The summed E-state index contributed by atoms with van der Waals surface area (Å²) in [5.74, 6) is 0. The number of hydrogen-bond acceptors (Lipinski definition) is 7.